The van der Waals surface area contributed by atoms with Crippen molar-refractivity contribution < 1.29 is 0 Å². The van der Waals surface area contributed by atoms with Gasteiger partial charge in [0.25, 0.3) is 0 Å². The van der Waals surface area contributed by atoms with Crippen LogP contribution < -0.4 is 9.80 Å². The molecule has 0 aromatic carbocycles. The summed E-state index contributed by atoms with van der Waals surface area (Å²) in [7, 11) is 0. The highest BCUT2D eigenvalue weighted by Crippen LogP contribution is 2.39. The average molecular weight is 306 g/mol. The van der Waals surface area contributed by atoms with Crippen molar-refractivity contribution in [3.05, 3.63) is 42.0 Å². The zero-order chi connectivity index (χ0) is 15.6. The van der Waals surface area contributed by atoms with E-state index in [1.165, 1.54) is 18.5 Å². The Morgan fingerprint density at radius 2 is 1.70 bits per heavy atom. The van der Waals surface area contributed by atoms with Gasteiger partial charge in [-0.25, -0.2) is 15.0 Å². The molecule has 0 spiro atoms. The van der Waals surface area contributed by atoms with Crippen molar-refractivity contribution >= 4 is 11.6 Å². The summed E-state index contributed by atoms with van der Waals surface area (Å²) >= 11 is 0. The van der Waals surface area contributed by atoms with Gasteiger partial charge in [0, 0.05) is 50.1 Å². The molecule has 2 aliphatic rings. The first-order valence-electron chi connectivity index (χ1n) is 8.01. The summed E-state index contributed by atoms with van der Waals surface area (Å²) in [6.45, 7) is 3.65. The fraction of sp³-hybridized carbons (Fsp3) is 0.412. The number of nitrogens with zero attached hydrogens (tertiary/aromatic N) is 6. The molecule has 23 heavy (non-hydrogen) atoms. The smallest absolute Gasteiger partial charge is 0.132 e. The first-order chi connectivity index (χ1) is 11.3. The summed E-state index contributed by atoms with van der Waals surface area (Å²) in [5, 5.41) is 8.84. The van der Waals surface area contributed by atoms with Crippen LogP contribution in [0, 0.1) is 11.3 Å². The molecule has 1 aliphatic heterocycles. The molecule has 116 valence electrons. The van der Waals surface area contributed by atoms with Gasteiger partial charge in [-0.2, -0.15) is 5.26 Å². The maximum atomic E-state index is 8.84. The number of hydrogen-bond donors (Lipinski definition) is 0. The van der Waals surface area contributed by atoms with E-state index in [-0.39, 0.29) is 0 Å². The second kappa shape index (κ2) is 5.84. The van der Waals surface area contributed by atoms with Gasteiger partial charge < -0.3 is 9.80 Å². The van der Waals surface area contributed by atoms with Crippen molar-refractivity contribution in [3.8, 4) is 6.07 Å². The fourth-order valence-corrected chi connectivity index (χ4v) is 2.94. The van der Waals surface area contributed by atoms with Crippen LogP contribution in [0.2, 0.25) is 0 Å². The van der Waals surface area contributed by atoms with Gasteiger partial charge in [-0.3, -0.25) is 0 Å². The maximum Gasteiger partial charge on any atom is 0.132 e. The van der Waals surface area contributed by atoms with Crippen LogP contribution in [-0.2, 0) is 0 Å². The van der Waals surface area contributed by atoms with Crippen LogP contribution in [0.1, 0.15) is 30.0 Å². The van der Waals surface area contributed by atoms with Crippen molar-refractivity contribution in [2.45, 2.75) is 18.8 Å². The molecule has 1 saturated carbocycles. The second-order valence-electron chi connectivity index (χ2n) is 6.07. The molecule has 0 N–H and O–H groups in total. The molecule has 0 amide bonds. The van der Waals surface area contributed by atoms with Gasteiger partial charge >= 0.3 is 0 Å². The molecule has 0 bridgehead atoms. The van der Waals surface area contributed by atoms with Gasteiger partial charge in [0.15, 0.2) is 0 Å². The third-order valence-corrected chi connectivity index (χ3v) is 4.47. The number of aromatic nitrogens is 3. The number of pyridine rings is 1. The molecule has 0 unspecified atom stereocenters. The Morgan fingerprint density at radius 1 is 0.957 bits per heavy atom. The number of nitriles is 1. The molecular weight excluding hydrogens is 288 g/mol. The molecular formula is C17H18N6. The zero-order valence-electron chi connectivity index (χ0n) is 12.9. The summed E-state index contributed by atoms with van der Waals surface area (Å²) in [5.74, 6) is 2.63. The lowest BCUT2D eigenvalue weighted by atomic mass is 10.2. The lowest BCUT2D eigenvalue weighted by Crippen LogP contribution is -2.47. The summed E-state index contributed by atoms with van der Waals surface area (Å²) in [4.78, 5) is 17.8. The Bertz CT molecular complexity index is 723. The Labute approximate surface area is 135 Å². The highest BCUT2D eigenvalue weighted by Gasteiger charge is 2.26. The lowest BCUT2D eigenvalue weighted by molar-refractivity contribution is 0.640. The van der Waals surface area contributed by atoms with Crippen LogP contribution in [0.4, 0.5) is 11.6 Å². The average Bonchev–Trinajstić information content (AvgIpc) is 3.47. The quantitative estimate of drug-likeness (QED) is 0.863. The fourth-order valence-electron chi connectivity index (χ4n) is 2.94. The number of hydrogen-bond acceptors (Lipinski definition) is 6. The zero-order valence-corrected chi connectivity index (χ0v) is 12.9. The summed E-state index contributed by atoms with van der Waals surface area (Å²) in [6, 6.07) is 7.99. The van der Waals surface area contributed by atoms with E-state index in [9.17, 15) is 0 Å². The van der Waals surface area contributed by atoms with Gasteiger partial charge in [0.2, 0.25) is 0 Å². The first-order valence-corrected chi connectivity index (χ1v) is 8.01. The molecule has 2 aromatic heterocycles. The minimum atomic E-state index is 0.598. The van der Waals surface area contributed by atoms with E-state index in [2.05, 4.69) is 36.9 Å². The molecule has 1 aliphatic carbocycles. The Hall–Kier alpha value is -2.68. The predicted molar refractivity (Wildman–Crippen MR) is 87.4 cm³/mol. The third-order valence-electron chi connectivity index (χ3n) is 4.47. The normalized spacial score (nSPS) is 17.9. The highest BCUT2D eigenvalue weighted by molar-refractivity contribution is 5.46. The SMILES string of the molecule is N#Cc1ccc(N2CCN(c3cc(C4CC4)ncn3)CC2)nc1. The van der Waals surface area contributed by atoms with E-state index in [0.29, 0.717) is 11.5 Å². The Kier molecular flexibility index (Phi) is 3.54. The molecule has 6 nitrogen and oxygen atoms in total. The van der Waals surface area contributed by atoms with E-state index >= 15 is 0 Å². The molecule has 6 heteroatoms. The van der Waals surface area contributed by atoms with E-state index in [4.69, 9.17) is 5.26 Å². The van der Waals surface area contributed by atoms with Crippen LogP contribution in [0.5, 0.6) is 0 Å². The van der Waals surface area contributed by atoms with Crippen molar-refractivity contribution in [3.63, 3.8) is 0 Å². The van der Waals surface area contributed by atoms with Crippen molar-refractivity contribution in [2.75, 3.05) is 36.0 Å². The second-order valence-corrected chi connectivity index (χ2v) is 6.07. The van der Waals surface area contributed by atoms with Crippen LogP contribution >= 0.6 is 0 Å². The van der Waals surface area contributed by atoms with Gasteiger partial charge in [-0.1, -0.05) is 0 Å². The van der Waals surface area contributed by atoms with Gasteiger partial charge in [0.05, 0.1) is 5.56 Å². The number of anilines is 2. The van der Waals surface area contributed by atoms with Gasteiger partial charge in [-0.15, -0.1) is 0 Å². The monoisotopic (exact) mass is 306 g/mol. The van der Waals surface area contributed by atoms with E-state index in [1.807, 2.05) is 12.1 Å². The summed E-state index contributed by atoms with van der Waals surface area (Å²) < 4.78 is 0. The van der Waals surface area contributed by atoms with Crippen molar-refractivity contribution in [1.82, 2.24) is 15.0 Å². The highest BCUT2D eigenvalue weighted by atomic mass is 15.3. The molecule has 1 saturated heterocycles. The first kappa shape index (κ1) is 13.9. The lowest BCUT2D eigenvalue weighted by Gasteiger charge is -2.36. The van der Waals surface area contributed by atoms with E-state index < -0.39 is 0 Å². The standard InChI is InChI=1S/C17H18N6/c18-10-13-1-4-16(19-11-13)22-5-7-23(8-6-22)17-9-15(14-2-3-14)20-12-21-17/h1,4,9,11-12,14H,2-3,5-8H2. The van der Waals surface area contributed by atoms with E-state index in [0.717, 1.165) is 37.8 Å². The largest absolute Gasteiger partial charge is 0.353 e. The van der Waals surface area contributed by atoms with Crippen molar-refractivity contribution in [1.29, 1.82) is 5.26 Å². The van der Waals surface area contributed by atoms with Crippen LogP contribution in [0.25, 0.3) is 0 Å². The van der Waals surface area contributed by atoms with Gasteiger partial charge in [0.1, 0.15) is 24.0 Å². The predicted octanol–water partition coefficient (Wildman–Crippen LogP) is 1.95. The van der Waals surface area contributed by atoms with Crippen LogP contribution in [0.15, 0.2) is 30.7 Å². The number of piperazine rings is 1. The minimum Gasteiger partial charge on any atom is -0.353 e. The molecule has 4 rings (SSSR count). The van der Waals surface area contributed by atoms with Crippen LogP contribution in [0.3, 0.4) is 0 Å². The molecule has 0 radical (unpaired) electrons. The summed E-state index contributed by atoms with van der Waals surface area (Å²) in [5.41, 5.74) is 1.78. The molecule has 3 heterocycles. The minimum absolute atomic E-state index is 0.598. The topological polar surface area (TPSA) is 68.9 Å². The van der Waals surface area contributed by atoms with Gasteiger partial charge in [-0.05, 0) is 25.0 Å². The third kappa shape index (κ3) is 2.95. The summed E-state index contributed by atoms with van der Waals surface area (Å²) in [6.07, 6.45) is 5.84. The van der Waals surface area contributed by atoms with Crippen LogP contribution in [-0.4, -0.2) is 41.1 Å². The molecule has 2 fully saturated rings. The maximum absolute atomic E-state index is 8.84. The Morgan fingerprint density at radius 3 is 2.30 bits per heavy atom. The molecule has 2 aromatic rings. The number of rotatable bonds is 3. The van der Waals surface area contributed by atoms with Crippen molar-refractivity contribution in [2.24, 2.45) is 0 Å². The van der Waals surface area contributed by atoms with E-state index in [1.54, 1.807) is 12.5 Å². The molecule has 0 atom stereocenters. The Balaban J connectivity index is 1.42.